The number of ether oxygens (including phenoxy) is 1. The molecule has 0 aliphatic carbocycles. The average Bonchev–Trinajstić information content (AvgIpc) is 3.12. The summed E-state index contributed by atoms with van der Waals surface area (Å²) in [4.78, 5) is 19.3. The van der Waals surface area contributed by atoms with Gasteiger partial charge in [-0.2, -0.15) is 13.9 Å². The van der Waals surface area contributed by atoms with Crippen LogP contribution in [0.2, 0.25) is 0 Å². The van der Waals surface area contributed by atoms with Crippen molar-refractivity contribution in [2.75, 3.05) is 6.54 Å². The lowest BCUT2D eigenvalue weighted by molar-refractivity contribution is -0.0497. The molecule has 7 nitrogen and oxygen atoms in total. The number of nitrogens with one attached hydrogen (secondary N) is 3. The molecule has 0 aliphatic rings. The van der Waals surface area contributed by atoms with Crippen LogP contribution in [0.25, 0.3) is 22.6 Å². The molecule has 0 atom stereocenters. The van der Waals surface area contributed by atoms with Crippen molar-refractivity contribution in [3.8, 4) is 17.3 Å². The SMILES string of the molecule is CCNC(=O)c1cn[nH]c1-c1nc2ccc(OC(F)F)cc2[nH]1. The lowest BCUT2D eigenvalue weighted by Crippen LogP contribution is -2.22. The lowest BCUT2D eigenvalue weighted by Gasteiger charge is -2.02. The Hall–Kier alpha value is -2.97. The first-order valence-corrected chi connectivity index (χ1v) is 6.85. The number of hydrogen-bond donors (Lipinski definition) is 3. The Kier molecular flexibility index (Phi) is 3.92. The summed E-state index contributed by atoms with van der Waals surface area (Å²) < 4.78 is 28.9. The molecule has 3 N–H and O–H groups in total. The van der Waals surface area contributed by atoms with Gasteiger partial charge in [-0.25, -0.2) is 4.98 Å². The molecule has 0 saturated carbocycles. The van der Waals surface area contributed by atoms with Crippen molar-refractivity contribution in [2.45, 2.75) is 13.5 Å². The number of carbonyl (C=O) groups excluding carboxylic acids is 1. The van der Waals surface area contributed by atoms with Gasteiger partial charge in [-0.05, 0) is 19.1 Å². The number of benzene rings is 1. The van der Waals surface area contributed by atoms with Gasteiger partial charge in [0.2, 0.25) is 0 Å². The number of fused-ring (bicyclic) bond motifs is 1. The second kappa shape index (κ2) is 6.03. The van der Waals surface area contributed by atoms with E-state index in [9.17, 15) is 13.6 Å². The number of nitrogens with zero attached hydrogens (tertiary/aromatic N) is 2. The van der Waals surface area contributed by atoms with Gasteiger partial charge in [0.15, 0.2) is 5.82 Å². The Morgan fingerprint density at radius 1 is 1.43 bits per heavy atom. The number of aromatic nitrogens is 4. The minimum Gasteiger partial charge on any atom is -0.435 e. The quantitative estimate of drug-likeness (QED) is 0.672. The smallest absolute Gasteiger partial charge is 0.387 e. The summed E-state index contributed by atoms with van der Waals surface area (Å²) >= 11 is 0. The van der Waals surface area contributed by atoms with Crippen molar-refractivity contribution >= 4 is 16.9 Å². The lowest BCUT2D eigenvalue weighted by atomic mass is 10.2. The van der Waals surface area contributed by atoms with E-state index in [2.05, 4.69) is 30.2 Å². The third kappa shape index (κ3) is 2.98. The number of imidazole rings is 1. The minimum absolute atomic E-state index is 0.0243. The van der Waals surface area contributed by atoms with Crippen LogP contribution in [0, 0.1) is 0 Å². The highest BCUT2D eigenvalue weighted by atomic mass is 19.3. The molecule has 0 bridgehead atoms. The number of amides is 1. The standard InChI is InChI=1S/C14H13F2N5O2/c1-2-17-13(22)8-6-18-21-11(8)12-19-9-4-3-7(23-14(15)16)5-10(9)20-12/h3-6,14H,2H2,1H3,(H,17,22)(H,18,21)(H,19,20). The second-order valence-corrected chi connectivity index (χ2v) is 4.66. The number of carbonyl (C=O) groups is 1. The number of aromatic amines is 2. The highest BCUT2D eigenvalue weighted by Crippen LogP contribution is 2.25. The molecule has 3 aromatic rings. The summed E-state index contributed by atoms with van der Waals surface area (Å²) in [6, 6.07) is 4.37. The van der Waals surface area contributed by atoms with Crippen LogP contribution in [0.15, 0.2) is 24.4 Å². The van der Waals surface area contributed by atoms with E-state index in [0.717, 1.165) is 0 Å². The largest absolute Gasteiger partial charge is 0.435 e. The maximum absolute atomic E-state index is 12.3. The van der Waals surface area contributed by atoms with Crippen LogP contribution in [0.3, 0.4) is 0 Å². The molecule has 9 heteroatoms. The predicted octanol–water partition coefficient (Wildman–Crippen LogP) is 2.30. The number of H-pyrrole nitrogens is 2. The zero-order valence-corrected chi connectivity index (χ0v) is 12.1. The summed E-state index contributed by atoms with van der Waals surface area (Å²) in [6.07, 6.45) is 1.40. The maximum Gasteiger partial charge on any atom is 0.387 e. The van der Waals surface area contributed by atoms with Crippen molar-refractivity contribution in [2.24, 2.45) is 0 Å². The first-order chi connectivity index (χ1) is 11.1. The molecule has 2 heterocycles. The second-order valence-electron chi connectivity index (χ2n) is 4.66. The van der Waals surface area contributed by atoms with Crippen LogP contribution >= 0.6 is 0 Å². The summed E-state index contributed by atoms with van der Waals surface area (Å²) in [5.74, 6) is 0.127. The average molecular weight is 321 g/mol. The van der Waals surface area contributed by atoms with Gasteiger partial charge in [0.05, 0.1) is 22.8 Å². The maximum atomic E-state index is 12.3. The normalized spacial score (nSPS) is 11.1. The predicted molar refractivity (Wildman–Crippen MR) is 78.3 cm³/mol. The van der Waals surface area contributed by atoms with E-state index in [1.807, 2.05) is 6.92 Å². The van der Waals surface area contributed by atoms with Gasteiger partial charge in [0.25, 0.3) is 5.91 Å². The fourth-order valence-corrected chi connectivity index (χ4v) is 2.18. The van der Waals surface area contributed by atoms with Gasteiger partial charge in [0.1, 0.15) is 11.4 Å². The molecule has 2 aromatic heterocycles. The molecule has 1 aromatic carbocycles. The van der Waals surface area contributed by atoms with Crippen LogP contribution < -0.4 is 10.1 Å². The Labute approximate surface area is 129 Å². The van der Waals surface area contributed by atoms with Crippen LogP contribution in [-0.4, -0.2) is 39.2 Å². The van der Waals surface area contributed by atoms with Crippen LogP contribution in [0.5, 0.6) is 5.75 Å². The molecule has 23 heavy (non-hydrogen) atoms. The fourth-order valence-electron chi connectivity index (χ4n) is 2.18. The first-order valence-electron chi connectivity index (χ1n) is 6.85. The monoisotopic (exact) mass is 321 g/mol. The van der Waals surface area contributed by atoms with Gasteiger partial charge >= 0.3 is 6.61 Å². The number of halogens is 2. The molecule has 0 unspecified atom stereocenters. The van der Waals surface area contributed by atoms with E-state index < -0.39 is 6.61 Å². The van der Waals surface area contributed by atoms with Gasteiger partial charge in [-0.15, -0.1) is 0 Å². The molecule has 0 saturated heterocycles. The molecule has 0 fully saturated rings. The molecule has 0 spiro atoms. The van der Waals surface area contributed by atoms with Crippen molar-refractivity contribution in [3.63, 3.8) is 0 Å². The van der Waals surface area contributed by atoms with Crippen molar-refractivity contribution < 1.29 is 18.3 Å². The molecular weight excluding hydrogens is 308 g/mol. The minimum atomic E-state index is -2.90. The Morgan fingerprint density at radius 2 is 2.26 bits per heavy atom. The fraction of sp³-hybridized carbons (Fsp3) is 0.214. The number of hydrogen-bond acceptors (Lipinski definition) is 4. The summed E-state index contributed by atoms with van der Waals surface area (Å²) in [7, 11) is 0. The van der Waals surface area contributed by atoms with Crippen LogP contribution in [0.1, 0.15) is 17.3 Å². The highest BCUT2D eigenvalue weighted by Gasteiger charge is 2.17. The van der Waals surface area contributed by atoms with Gasteiger partial charge in [0, 0.05) is 12.6 Å². The molecule has 0 radical (unpaired) electrons. The first kappa shape index (κ1) is 14.9. The summed E-state index contributed by atoms with van der Waals surface area (Å²) in [5, 5.41) is 9.25. The van der Waals surface area contributed by atoms with E-state index in [4.69, 9.17) is 0 Å². The summed E-state index contributed by atoms with van der Waals surface area (Å²) in [6.45, 7) is -0.604. The van der Waals surface area contributed by atoms with Crippen molar-refractivity contribution in [3.05, 3.63) is 30.0 Å². The molecule has 1 amide bonds. The van der Waals surface area contributed by atoms with Gasteiger partial charge in [-0.3, -0.25) is 9.89 Å². The topological polar surface area (TPSA) is 95.7 Å². The number of rotatable bonds is 5. The third-order valence-corrected chi connectivity index (χ3v) is 3.14. The van der Waals surface area contributed by atoms with Gasteiger partial charge < -0.3 is 15.0 Å². The third-order valence-electron chi connectivity index (χ3n) is 3.14. The Bertz CT molecular complexity index is 843. The van der Waals surface area contributed by atoms with Crippen LogP contribution in [-0.2, 0) is 0 Å². The van der Waals surface area contributed by atoms with Crippen molar-refractivity contribution in [1.82, 2.24) is 25.5 Å². The number of alkyl halides is 2. The molecule has 3 rings (SSSR count). The van der Waals surface area contributed by atoms with E-state index in [0.29, 0.717) is 34.7 Å². The van der Waals surface area contributed by atoms with Crippen LogP contribution in [0.4, 0.5) is 8.78 Å². The van der Waals surface area contributed by atoms with Crippen molar-refractivity contribution in [1.29, 1.82) is 0 Å². The zero-order valence-electron chi connectivity index (χ0n) is 12.1. The van der Waals surface area contributed by atoms with E-state index in [1.165, 1.54) is 18.3 Å². The Morgan fingerprint density at radius 3 is 3.00 bits per heavy atom. The summed E-state index contributed by atoms with van der Waals surface area (Å²) in [5.41, 5.74) is 1.83. The van der Waals surface area contributed by atoms with E-state index in [-0.39, 0.29) is 11.7 Å². The van der Waals surface area contributed by atoms with E-state index >= 15 is 0 Å². The highest BCUT2D eigenvalue weighted by molar-refractivity contribution is 5.99. The molecular formula is C14H13F2N5O2. The molecule has 120 valence electrons. The van der Waals surface area contributed by atoms with E-state index in [1.54, 1.807) is 6.07 Å². The molecule has 0 aliphatic heterocycles. The zero-order chi connectivity index (χ0) is 16.4. The van der Waals surface area contributed by atoms with Gasteiger partial charge in [-0.1, -0.05) is 0 Å². The Balaban J connectivity index is 1.98.